The van der Waals surface area contributed by atoms with E-state index in [1.54, 1.807) is 32.0 Å². The minimum atomic E-state index is -4.56. The van der Waals surface area contributed by atoms with Crippen LogP contribution in [0.2, 0.25) is 0 Å². The zero-order valence-corrected chi connectivity index (χ0v) is 20.3. The molecule has 6 rings (SSSR count). The molecule has 1 saturated heterocycles. The summed E-state index contributed by atoms with van der Waals surface area (Å²) < 4.78 is 55.4. The van der Waals surface area contributed by atoms with E-state index in [4.69, 9.17) is 0 Å². The van der Waals surface area contributed by atoms with Crippen LogP contribution in [0.3, 0.4) is 0 Å². The van der Waals surface area contributed by atoms with Gasteiger partial charge in [0.2, 0.25) is 17.8 Å². The normalized spacial score (nSPS) is 24.4. The van der Waals surface area contributed by atoms with Crippen molar-refractivity contribution in [3.05, 3.63) is 58.8 Å². The number of nitrogens with one attached hydrogen (secondary N) is 2. The van der Waals surface area contributed by atoms with Crippen LogP contribution in [0, 0.1) is 5.95 Å². The number of urea groups is 1. The molecule has 1 aromatic carbocycles. The van der Waals surface area contributed by atoms with Gasteiger partial charge in [-0.1, -0.05) is 12.1 Å². The molecular weight excluding hydrogens is 508 g/mol. The highest BCUT2D eigenvalue weighted by atomic mass is 19.4. The van der Waals surface area contributed by atoms with E-state index in [0.29, 0.717) is 17.5 Å². The van der Waals surface area contributed by atoms with E-state index < -0.39 is 47.8 Å². The van der Waals surface area contributed by atoms with Gasteiger partial charge in [0, 0.05) is 17.8 Å². The largest absolute Gasteiger partial charge is 0.406 e. The number of halogens is 4. The number of aromatic nitrogens is 3. The Balaban J connectivity index is 1.36. The van der Waals surface area contributed by atoms with Gasteiger partial charge in [-0.3, -0.25) is 14.9 Å². The van der Waals surface area contributed by atoms with Gasteiger partial charge in [-0.25, -0.2) is 9.78 Å². The Kier molecular flexibility index (Phi) is 5.11. The Hall–Kier alpha value is -4.03. The standard InChI is InChI=1S/C25H22F4N6O3/c1-24(2)16-4-3-11(5-18(16)34(22(24)37)10-25(27,28)29)12-6-13(12)14-7-17(15-8-31-23(38)32-21(15)36)33-35-19(26)9-30-20(14)35/h3-5,7,9,12-13,15H,6,8,10H2,1-2H3,(H2,31,32,36,38)/t12-,13+,15?/m1/s1. The minimum Gasteiger partial charge on any atom is -0.337 e. The lowest BCUT2D eigenvalue weighted by Crippen LogP contribution is -2.51. The molecule has 1 aliphatic carbocycles. The van der Waals surface area contributed by atoms with Crippen molar-refractivity contribution in [2.24, 2.45) is 0 Å². The molecular formula is C25H22F4N6O3. The van der Waals surface area contributed by atoms with Gasteiger partial charge in [-0.2, -0.15) is 27.2 Å². The highest BCUT2D eigenvalue weighted by molar-refractivity contribution is 6.07. The Morgan fingerprint density at radius 1 is 1.13 bits per heavy atom. The quantitative estimate of drug-likeness (QED) is 0.504. The smallest absolute Gasteiger partial charge is 0.337 e. The molecule has 4 heterocycles. The molecule has 0 spiro atoms. The fourth-order valence-electron chi connectivity index (χ4n) is 5.53. The van der Waals surface area contributed by atoms with Crippen molar-refractivity contribution in [3.8, 4) is 0 Å². The molecule has 13 heteroatoms. The van der Waals surface area contributed by atoms with E-state index in [2.05, 4.69) is 20.7 Å². The van der Waals surface area contributed by atoms with E-state index in [1.807, 2.05) is 6.07 Å². The van der Waals surface area contributed by atoms with Crippen molar-refractivity contribution >= 4 is 29.2 Å². The molecule has 2 fully saturated rings. The first-order valence-corrected chi connectivity index (χ1v) is 12.0. The number of fused-ring (bicyclic) bond motifs is 2. The summed E-state index contributed by atoms with van der Waals surface area (Å²) in [6.07, 6.45) is -2.93. The first-order valence-electron chi connectivity index (χ1n) is 12.0. The van der Waals surface area contributed by atoms with Crippen molar-refractivity contribution in [2.45, 2.75) is 49.6 Å². The molecule has 2 N–H and O–H groups in total. The molecule has 3 aliphatic rings. The molecule has 1 unspecified atom stereocenters. The summed E-state index contributed by atoms with van der Waals surface area (Å²) in [5.41, 5.74) is 1.59. The van der Waals surface area contributed by atoms with Crippen molar-refractivity contribution in [2.75, 3.05) is 18.0 Å². The number of imidazole rings is 1. The first kappa shape index (κ1) is 24.3. The van der Waals surface area contributed by atoms with Crippen molar-refractivity contribution in [3.63, 3.8) is 0 Å². The minimum absolute atomic E-state index is 0.00327. The average Bonchev–Trinajstić information content (AvgIpc) is 3.52. The molecule has 3 atom stereocenters. The molecule has 198 valence electrons. The van der Waals surface area contributed by atoms with Gasteiger partial charge in [0.05, 0.1) is 23.2 Å². The van der Waals surface area contributed by atoms with Crippen LogP contribution in [-0.2, 0) is 15.0 Å². The molecule has 2 aromatic heterocycles. The lowest BCUT2D eigenvalue weighted by atomic mass is 9.85. The van der Waals surface area contributed by atoms with Gasteiger partial charge >= 0.3 is 12.2 Å². The molecule has 3 aromatic rings. The molecule has 38 heavy (non-hydrogen) atoms. The summed E-state index contributed by atoms with van der Waals surface area (Å²) in [4.78, 5) is 41.7. The summed E-state index contributed by atoms with van der Waals surface area (Å²) in [6, 6.07) is 6.19. The van der Waals surface area contributed by atoms with E-state index in [1.165, 1.54) is 0 Å². The average molecular weight is 530 g/mol. The van der Waals surface area contributed by atoms with Crippen molar-refractivity contribution in [1.82, 2.24) is 25.2 Å². The number of amides is 4. The molecule has 1 saturated carbocycles. The number of nitrogens with zero attached hydrogens (tertiary/aromatic N) is 4. The number of anilines is 1. The predicted octanol–water partition coefficient (Wildman–Crippen LogP) is 3.25. The van der Waals surface area contributed by atoms with Crippen LogP contribution in [0.25, 0.3) is 5.65 Å². The molecule has 4 amide bonds. The second kappa shape index (κ2) is 7.98. The Bertz CT molecular complexity index is 1530. The second-order valence-electron chi connectivity index (χ2n) is 10.4. The zero-order chi connectivity index (χ0) is 27.1. The van der Waals surface area contributed by atoms with Crippen LogP contribution in [0.5, 0.6) is 0 Å². The lowest BCUT2D eigenvalue weighted by Gasteiger charge is -2.22. The van der Waals surface area contributed by atoms with Crippen molar-refractivity contribution < 1.29 is 31.9 Å². The van der Waals surface area contributed by atoms with E-state index in [9.17, 15) is 31.9 Å². The van der Waals surface area contributed by atoms with Crippen LogP contribution < -0.4 is 15.5 Å². The van der Waals surface area contributed by atoms with Gasteiger partial charge < -0.3 is 10.2 Å². The fourth-order valence-corrected chi connectivity index (χ4v) is 5.53. The number of alkyl halides is 3. The fraction of sp³-hybridized carbons (Fsp3) is 0.400. The molecule has 0 bridgehead atoms. The van der Waals surface area contributed by atoms with Gasteiger partial charge in [0.1, 0.15) is 6.54 Å². The van der Waals surface area contributed by atoms with Gasteiger partial charge in [0.25, 0.3) is 0 Å². The van der Waals surface area contributed by atoms with Crippen molar-refractivity contribution in [1.29, 1.82) is 0 Å². The van der Waals surface area contributed by atoms with Crippen LogP contribution in [0.1, 0.15) is 60.4 Å². The Labute approximate surface area is 213 Å². The summed E-state index contributed by atoms with van der Waals surface area (Å²) in [5, 5.41) is 8.94. The van der Waals surface area contributed by atoms with Crippen LogP contribution in [0.15, 0.2) is 30.5 Å². The summed E-state index contributed by atoms with van der Waals surface area (Å²) in [7, 11) is 0. The summed E-state index contributed by atoms with van der Waals surface area (Å²) in [5.74, 6) is -3.01. The number of carbonyl (C=O) groups excluding carboxylic acids is 3. The lowest BCUT2D eigenvalue weighted by molar-refractivity contribution is -0.134. The first-order chi connectivity index (χ1) is 17.8. The number of carbonyl (C=O) groups is 3. The van der Waals surface area contributed by atoms with Crippen LogP contribution in [0.4, 0.5) is 28.0 Å². The number of benzene rings is 1. The molecule has 2 aliphatic heterocycles. The second-order valence-corrected chi connectivity index (χ2v) is 10.4. The van der Waals surface area contributed by atoms with Gasteiger partial charge in [0.15, 0.2) is 5.65 Å². The van der Waals surface area contributed by atoms with Crippen LogP contribution >= 0.6 is 0 Å². The maximum atomic E-state index is 14.5. The maximum Gasteiger partial charge on any atom is 0.406 e. The maximum absolute atomic E-state index is 14.5. The van der Waals surface area contributed by atoms with E-state index in [0.717, 1.165) is 21.2 Å². The number of imide groups is 1. The van der Waals surface area contributed by atoms with Gasteiger partial charge in [-0.15, -0.1) is 0 Å². The number of rotatable bonds is 4. The van der Waals surface area contributed by atoms with E-state index in [-0.39, 0.29) is 35.4 Å². The SMILES string of the molecule is CC1(C)C(=O)N(CC(F)(F)F)c2cc([C@H]3C[C@@H]3c3cc(C4CNC(=O)NC4=O)nn4c(F)cnc34)ccc21. The summed E-state index contributed by atoms with van der Waals surface area (Å²) >= 11 is 0. The predicted molar refractivity (Wildman–Crippen MR) is 125 cm³/mol. The Morgan fingerprint density at radius 3 is 2.61 bits per heavy atom. The number of hydrogen-bond acceptors (Lipinski definition) is 5. The monoisotopic (exact) mass is 530 g/mol. The Morgan fingerprint density at radius 2 is 1.89 bits per heavy atom. The zero-order valence-electron chi connectivity index (χ0n) is 20.3. The summed E-state index contributed by atoms with van der Waals surface area (Å²) in [6.45, 7) is 1.84. The third-order valence-electron chi connectivity index (χ3n) is 7.57. The third kappa shape index (κ3) is 3.79. The number of hydrogen-bond donors (Lipinski definition) is 2. The topological polar surface area (TPSA) is 109 Å². The molecule has 9 nitrogen and oxygen atoms in total. The van der Waals surface area contributed by atoms with E-state index >= 15 is 0 Å². The van der Waals surface area contributed by atoms with Crippen LogP contribution in [-0.4, -0.2) is 51.7 Å². The highest BCUT2D eigenvalue weighted by Gasteiger charge is 2.49. The van der Waals surface area contributed by atoms with Gasteiger partial charge in [-0.05, 0) is 55.4 Å². The third-order valence-corrected chi connectivity index (χ3v) is 7.57. The molecule has 0 radical (unpaired) electrons. The highest BCUT2D eigenvalue weighted by Crippen LogP contribution is 2.57.